The Bertz CT molecular complexity index is 1380. The first-order valence-electron chi connectivity index (χ1n) is 10.6. The van der Waals surface area contributed by atoms with Gasteiger partial charge in [0.2, 0.25) is 0 Å². The second-order valence-corrected chi connectivity index (χ2v) is 8.69. The summed E-state index contributed by atoms with van der Waals surface area (Å²) >= 11 is 12.4. The van der Waals surface area contributed by atoms with Crippen molar-refractivity contribution in [3.63, 3.8) is 0 Å². The van der Waals surface area contributed by atoms with Crippen molar-refractivity contribution in [2.75, 3.05) is 22.6 Å². The number of ether oxygens (including phenoxy) is 1. The van der Waals surface area contributed by atoms with Crippen molar-refractivity contribution in [2.45, 2.75) is 13.8 Å². The van der Waals surface area contributed by atoms with Gasteiger partial charge in [-0.25, -0.2) is 4.90 Å². The highest BCUT2D eigenvalue weighted by molar-refractivity contribution is 6.53. The molecule has 3 aromatic carbocycles. The van der Waals surface area contributed by atoms with Crippen LogP contribution in [0, 0.1) is 13.8 Å². The molecule has 0 atom stereocenters. The summed E-state index contributed by atoms with van der Waals surface area (Å²) in [7, 11) is 1.52. The summed E-state index contributed by atoms with van der Waals surface area (Å²) in [6.07, 6.45) is 0. The Morgan fingerprint density at radius 3 is 2.23 bits per heavy atom. The summed E-state index contributed by atoms with van der Waals surface area (Å²) in [5.74, 6) is -1.02. The molecule has 0 fully saturated rings. The van der Waals surface area contributed by atoms with Crippen molar-refractivity contribution in [2.24, 2.45) is 0 Å². The van der Waals surface area contributed by atoms with Gasteiger partial charge in [-0.05, 0) is 73.5 Å². The van der Waals surface area contributed by atoms with Crippen LogP contribution in [-0.4, -0.2) is 24.8 Å². The van der Waals surface area contributed by atoms with Gasteiger partial charge in [-0.3, -0.25) is 14.4 Å². The largest absolute Gasteiger partial charge is 0.497 e. The first-order chi connectivity index (χ1) is 16.7. The molecule has 4 rings (SSSR count). The van der Waals surface area contributed by atoms with Gasteiger partial charge in [0, 0.05) is 22.0 Å². The maximum Gasteiger partial charge on any atom is 0.283 e. The number of hydrogen-bond acceptors (Lipinski definition) is 5. The minimum Gasteiger partial charge on any atom is -0.497 e. The summed E-state index contributed by atoms with van der Waals surface area (Å²) in [4.78, 5) is 39.7. The van der Waals surface area contributed by atoms with Crippen LogP contribution < -0.4 is 20.3 Å². The molecule has 3 amide bonds. The number of rotatable bonds is 6. The highest BCUT2D eigenvalue weighted by Gasteiger charge is 2.39. The SMILES string of the molecule is COc1ccc(N2C(=O)C(Cl)=C(Nc3cc(C(=O)Nc4ccc(C)c(Cl)c4)ccc3C)C2=O)cc1. The Morgan fingerprint density at radius 2 is 1.57 bits per heavy atom. The number of halogens is 2. The number of imide groups is 1. The fraction of sp³-hybridized carbons (Fsp3) is 0.115. The number of nitrogens with one attached hydrogen (secondary N) is 2. The third kappa shape index (κ3) is 4.87. The van der Waals surface area contributed by atoms with Crippen LogP contribution >= 0.6 is 23.2 Å². The Hall–Kier alpha value is -3.81. The Labute approximate surface area is 212 Å². The average molecular weight is 510 g/mol. The lowest BCUT2D eigenvalue weighted by Gasteiger charge is -2.16. The summed E-state index contributed by atoms with van der Waals surface area (Å²) in [6, 6.07) is 16.7. The first-order valence-corrected chi connectivity index (χ1v) is 11.3. The van der Waals surface area contributed by atoms with Gasteiger partial charge in [-0.1, -0.05) is 35.3 Å². The third-order valence-corrected chi connectivity index (χ3v) is 6.30. The molecule has 0 saturated carbocycles. The molecule has 35 heavy (non-hydrogen) atoms. The predicted molar refractivity (Wildman–Crippen MR) is 137 cm³/mol. The highest BCUT2D eigenvalue weighted by atomic mass is 35.5. The van der Waals surface area contributed by atoms with Gasteiger partial charge in [0.15, 0.2) is 0 Å². The highest BCUT2D eigenvalue weighted by Crippen LogP contribution is 2.32. The molecule has 0 aromatic heterocycles. The van der Waals surface area contributed by atoms with Crippen LogP contribution in [0.25, 0.3) is 0 Å². The topological polar surface area (TPSA) is 87.7 Å². The predicted octanol–water partition coefficient (Wildman–Crippen LogP) is 5.65. The molecule has 178 valence electrons. The number of anilines is 3. The Balaban J connectivity index is 1.57. The van der Waals surface area contributed by atoms with Crippen LogP contribution in [0.15, 0.2) is 71.4 Å². The third-order valence-electron chi connectivity index (χ3n) is 5.55. The molecule has 9 heteroatoms. The molecule has 0 spiro atoms. The molecule has 3 aromatic rings. The van der Waals surface area contributed by atoms with E-state index in [-0.39, 0.29) is 16.6 Å². The number of benzene rings is 3. The minimum absolute atomic E-state index is 0.0709. The molecule has 0 radical (unpaired) electrons. The van der Waals surface area contributed by atoms with Crippen LogP contribution in [0.2, 0.25) is 5.02 Å². The van der Waals surface area contributed by atoms with E-state index in [2.05, 4.69) is 10.6 Å². The van der Waals surface area contributed by atoms with Crippen LogP contribution in [0.1, 0.15) is 21.5 Å². The van der Waals surface area contributed by atoms with Crippen molar-refractivity contribution < 1.29 is 19.1 Å². The molecular formula is C26H21Cl2N3O4. The van der Waals surface area contributed by atoms with Gasteiger partial charge in [-0.2, -0.15) is 0 Å². The zero-order chi connectivity index (χ0) is 25.3. The first kappa shape index (κ1) is 24.3. The van der Waals surface area contributed by atoms with Gasteiger partial charge in [0.1, 0.15) is 16.5 Å². The van der Waals surface area contributed by atoms with Crippen molar-refractivity contribution in [3.05, 3.63) is 93.1 Å². The lowest BCUT2D eigenvalue weighted by Crippen LogP contribution is -2.32. The zero-order valence-corrected chi connectivity index (χ0v) is 20.6. The normalized spacial score (nSPS) is 13.3. The second kappa shape index (κ2) is 9.82. The van der Waals surface area contributed by atoms with Gasteiger partial charge in [0.05, 0.1) is 12.8 Å². The van der Waals surface area contributed by atoms with E-state index >= 15 is 0 Å². The number of carbonyl (C=O) groups is 3. The number of amides is 3. The molecule has 0 saturated heterocycles. The van der Waals surface area contributed by atoms with Crippen LogP contribution in [-0.2, 0) is 9.59 Å². The van der Waals surface area contributed by atoms with E-state index < -0.39 is 11.8 Å². The summed E-state index contributed by atoms with van der Waals surface area (Å²) in [5.41, 5.74) is 3.30. The van der Waals surface area contributed by atoms with Crippen LogP contribution in [0.5, 0.6) is 5.75 Å². The van der Waals surface area contributed by atoms with E-state index in [1.165, 1.54) is 7.11 Å². The Kier molecular flexibility index (Phi) is 6.82. The van der Waals surface area contributed by atoms with E-state index in [0.717, 1.165) is 16.0 Å². The van der Waals surface area contributed by atoms with E-state index in [9.17, 15) is 14.4 Å². The standard InChI is InChI=1S/C26H21Cl2N3O4/c1-14-5-7-17(13-20(14)27)29-24(32)16-6-4-15(2)21(12-16)30-23-22(28)25(33)31(26(23)34)18-8-10-19(35-3)11-9-18/h4-13,30H,1-3H3,(H,29,32). The quantitative estimate of drug-likeness (QED) is 0.419. The van der Waals surface area contributed by atoms with E-state index in [0.29, 0.717) is 33.4 Å². The molecule has 1 heterocycles. The average Bonchev–Trinajstić information content (AvgIpc) is 3.05. The second-order valence-electron chi connectivity index (χ2n) is 7.91. The fourth-order valence-electron chi connectivity index (χ4n) is 3.48. The van der Waals surface area contributed by atoms with Gasteiger partial charge >= 0.3 is 0 Å². The van der Waals surface area contributed by atoms with Crippen molar-refractivity contribution in [1.82, 2.24) is 0 Å². The number of nitrogens with zero attached hydrogens (tertiary/aromatic N) is 1. The van der Waals surface area contributed by atoms with E-state index in [1.54, 1.807) is 61.5 Å². The lowest BCUT2D eigenvalue weighted by molar-refractivity contribution is -0.120. The monoisotopic (exact) mass is 509 g/mol. The van der Waals surface area contributed by atoms with Gasteiger partial charge in [0.25, 0.3) is 17.7 Å². The summed E-state index contributed by atoms with van der Waals surface area (Å²) < 4.78 is 5.12. The molecule has 0 unspecified atom stereocenters. The molecule has 0 bridgehead atoms. The smallest absolute Gasteiger partial charge is 0.283 e. The molecule has 1 aliphatic heterocycles. The van der Waals surface area contributed by atoms with Gasteiger partial charge in [-0.15, -0.1) is 0 Å². The van der Waals surface area contributed by atoms with Crippen molar-refractivity contribution >= 4 is 58.0 Å². The number of aryl methyl sites for hydroxylation is 2. The number of methoxy groups -OCH3 is 1. The summed E-state index contributed by atoms with van der Waals surface area (Å²) in [6.45, 7) is 3.68. The van der Waals surface area contributed by atoms with Crippen LogP contribution in [0.4, 0.5) is 17.1 Å². The van der Waals surface area contributed by atoms with Crippen molar-refractivity contribution in [1.29, 1.82) is 0 Å². The van der Waals surface area contributed by atoms with Gasteiger partial charge < -0.3 is 15.4 Å². The Morgan fingerprint density at radius 1 is 0.886 bits per heavy atom. The fourth-order valence-corrected chi connectivity index (χ4v) is 3.88. The minimum atomic E-state index is -0.646. The maximum absolute atomic E-state index is 13.1. The molecule has 0 aliphatic carbocycles. The number of hydrogen-bond donors (Lipinski definition) is 2. The molecule has 7 nitrogen and oxygen atoms in total. The molecule has 1 aliphatic rings. The van der Waals surface area contributed by atoms with E-state index in [4.69, 9.17) is 27.9 Å². The molecular weight excluding hydrogens is 489 g/mol. The zero-order valence-electron chi connectivity index (χ0n) is 19.1. The molecule has 2 N–H and O–H groups in total. The van der Waals surface area contributed by atoms with E-state index in [1.807, 2.05) is 13.0 Å². The number of carbonyl (C=O) groups excluding carboxylic acids is 3. The van der Waals surface area contributed by atoms with Crippen molar-refractivity contribution in [3.8, 4) is 5.75 Å². The lowest BCUT2D eigenvalue weighted by atomic mass is 10.1. The van der Waals surface area contributed by atoms with Crippen LogP contribution in [0.3, 0.4) is 0 Å². The maximum atomic E-state index is 13.1. The summed E-state index contributed by atoms with van der Waals surface area (Å²) in [5, 5.41) is 6.05.